The lowest BCUT2D eigenvalue weighted by molar-refractivity contribution is 0.573. The van der Waals surface area contributed by atoms with Gasteiger partial charge >= 0.3 is 0 Å². The van der Waals surface area contributed by atoms with E-state index in [9.17, 15) is 0 Å². The highest BCUT2D eigenvalue weighted by Crippen LogP contribution is 2.22. The fourth-order valence-corrected chi connectivity index (χ4v) is 2.69. The van der Waals surface area contributed by atoms with Crippen molar-refractivity contribution in [2.75, 3.05) is 5.75 Å². The second-order valence-corrected chi connectivity index (χ2v) is 6.01. The second kappa shape index (κ2) is 6.98. The summed E-state index contributed by atoms with van der Waals surface area (Å²) >= 11 is 7.67. The van der Waals surface area contributed by atoms with Crippen molar-refractivity contribution in [2.45, 2.75) is 25.1 Å². The van der Waals surface area contributed by atoms with Gasteiger partial charge in [0.2, 0.25) is 5.89 Å². The molecule has 0 amide bonds. The van der Waals surface area contributed by atoms with E-state index in [4.69, 9.17) is 21.8 Å². The summed E-state index contributed by atoms with van der Waals surface area (Å²) in [6.07, 6.45) is 2.73. The Hall–Kier alpha value is -0.970. The Morgan fingerprint density at radius 2 is 2.11 bits per heavy atom. The molecule has 5 heteroatoms. The molecular weight excluding hydrogens is 280 g/mol. The molecule has 102 valence electrons. The first-order chi connectivity index (χ1) is 9.15. The molecule has 1 heterocycles. The average Bonchev–Trinajstić information content (AvgIpc) is 2.84. The van der Waals surface area contributed by atoms with Crippen molar-refractivity contribution >= 4 is 23.4 Å². The molecule has 1 aromatic carbocycles. The number of hydrogen-bond donors (Lipinski definition) is 1. The van der Waals surface area contributed by atoms with Crippen molar-refractivity contribution in [1.82, 2.24) is 4.98 Å². The number of halogens is 1. The van der Waals surface area contributed by atoms with Crippen LogP contribution < -0.4 is 5.73 Å². The Bertz CT molecular complexity index is 510. The van der Waals surface area contributed by atoms with Crippen molar-refractivity contribution in [3.05, 3.63) is 41.2 Å². The lowest BCUT2D eigenvalue weighted by Crippen LogP contribution is -2.15. The van der Waals surface area contributed by atoms with Gasteiger partial charge in [-0.1, -0.05) is 11.6 Å². The molecule has 2 rings (SSSR count). The zero-order valence-corrected chi connectivity index (χ0v) is 12.4. The van der Waals surface area contributed by atoms with Crippen molar-refractivity contribution in [3.8, 4) is 11.5 Å². The van der Waals surface area contributed by atoms with Crippen LogP contribution in [-0.4, -0.2) is 16.8 Å². The highest BCUT2D eigenvalue weighted by Gasteiger charge is 2.06. The molecule has 0 aliphatic carbocycles. The molecule has 1 unspecified atom stereocenters. The number of thioether (sulfide) groups is 1. The molecule has 0 spiro atoms. The van der Waals surface area contributed by atoms with E-state index in [1.165, 1.54) is 0 Å². The van der Waals surface area contributed by atoms with Crippen molar-refractivity contribution in [2.24, 2.45) is 5.73 Å². The molecule has 3 nitrogen and oxygen atoms in total. The van der Waals surface area contributed by atoms with E-state index in [0.717, 1.165) is 29.2 Å². The third kappa shape index (κ3) is 4.56. The molecule has 0 aliphatic rings. The first kappa shape index (κ1) is 14.4. The fourth-order valence-electron chi connectivity index (χ4n) is 1.54. The summed E-state index contributed by atoms with van der Waals surface area (Å²) in [5.74, 6) is 2.53. The molecule has 1 aromatic heterocycles. The zero-order chi connectivity index (χ0) is 13.7. The number of rotatable bonds is 6. The molecule has 2 N–H and O–H groups in total. The van der Waals surface area contributed by atoms with E-state index >= 15 is 0 Å². The van der Waals surface area contributed by atoms with Crippen LogP contribution >= 0.6 is 23.4 Å². The fraction of sp³-hybridized carbons (Fsp3) is 0.357. The first-order valence-corrected chi connectivity index (χ1v) is 7.72. The van der Waals surface area contributed by atoms with Crippen LogP contribution in [0.3, 0.4) is 0 Å². The SMILES string of the molecule is CC(N)CCSCc1coc(-c2ccc(Cl)cc2)n1. The Balaban J connectivity index is 1.90. The van der Waals surface area contributed by atoms with Gasteiger partial charge in [-0.2, -0.15) is 11.8 Å². The summed E-state index contributed by atoms with van der Waals surface area (Å²) in [5, 5.41) is 0.710. The molecule has 0 fully saturated rings. The summed E-state index contributed by atoms with van der Waals surface area (Å²) in [5.41, 5.74) is 7.60. The van der Waals surface area contributed by atoms with Crippen LogP contribution in [0.25, 0.3) is 11.5 Å². The van der Waals surface area contributed by atoms with E-state index in [0.29, 0.717) is 10.9 Å². The molecule has 0 saturated heterocycles. The van der Waals surface area contributed by atoms with Crippen molar-refractivity contribution < 1.29 is 4.42 Å². The van der Waals surface area contributed by atoms with E-state index in [1.807, 2.05) is 43.0 Å². The molecule has 0 aliphatic heterocycles. The maximum Gasteiger partial charge on any atom is 0.226 e. The minimum absolute atomic E-state index is 0.259. The first-order valence-electron chi connectivity index (χ1n) is 6.19. The lowest BCUT2D eigenvalue weighted by atomic mass is 10.2. The summed E-state index contributed by atoms with van der Waals surface area (Å²) in [6, 6.07) is 7.73. The average molecular weight is 297 g/mol. The quantitative estimate of drug-likeness (QED) is 0.820. The van der Waals surface area contributed by atoms with Gasteiger partial charge in [-0.05, 0) is 43.4 Å². The number of oxazole rings is 1. The van der Waals surface area contributed by atoms with Crippen LogP contribution in [0.4, 0.5) is 0 Å². The van der Waals surface area contributed by atoms with Gasteiger partial charge in [0, 0.05) is 22.4 Å². The Morgan fingerprint density at radius 1 is 1.37 bits per heavy atom. The predicted octanol–water partition coefficient (Wildman–Crippen LogP) is 3.97. The largest absolute Gasteiger partial charge is 0.444 e. The molecule has 0 bridgehead atoms. The van der Waals surface area contributed by atoms with Crippen LogP contribution in [0.5, 0.6) is 0 Å². The number of aromatic nitrogens is 1. The standard InChI is InChI=1S/C14H17ClN2OS/c1-10(16)6-7-19-9-13-8-18-14(17-13)11-2-4-12(15)5-3-11/h2-5,8,10H,6-7,9,16H2,1H3. The minimum atomic E-state index is 0.259. The maximum atomic E-state index is 5.85. The minimum Gasteiger partial charge on any atom is -0.444 e. The third-order valence-electron chi connectivity index (χ3n) is 2.61. The van der Waals surface area contributed by atoms with E-state index in [1.54, 1.807) is 6.26 Å². The predicted molar refractivity (Wildman–Crippen MR) is 81.4 cm³/mol. The smallest absolute Gasteiger partial charge is 0.226 e. The molecule has 19 heavy (non-hydrogen) atoms. The van der Waals surface area contributed by atoms with Gasteiger partial charge < -0.3 is 10.2 Å². The lowest BCUT2D eigenvalue weighted by Gasteiger charge is -2.02. The Labute approximate surface area is 122 Å². The third-order valence-corrected chi connectivity index (χ3v) is 3.89. The number of benzene rings is 1. The van der Waals surface area contributed by atoms with Crippen molar-refractivity contribution in [1.29, 1.82) is 0 Å². The molecule has 0 saturated carbocycles. The van der Waals surface area contributed by atoms with Crippen molar-refractivity contribution in [3.63, 3.8) is 0 Å². The highest BCUT2D eigenvalue weighted by atomic mass is 35.5. The summed E-state index contributed by atoms with van der Waals surface area (Å²) in [7, 11) is 0. The Kier molecular flexibility index (Phi) is 5.31. The second-order valence-electron chi connectivity index (χ2n) is 4.47. The van der Waals surface area contributed by atoms with Crippen LogP contribution in [-0.2, 0) is 5.75 Å². The monoisotopic (exact) mass is 296 g/mol. The number of hydrogen-bond acceptors (Lipinski definition) is 4. The van der Waals surface area contributed by atoms with E-state index in [-0.39, 0.29) is 6.04 Å². The van der Waals surface area contributed by atoms with Gasteiger partial charge in [-0.15, -0.1) is 0 Å². The Morgan fingerprint density at radius 3 is 2.79 bits per heavy atom. The zero-order valence-electron chi connectivity index (χ0n) is 10.8. The summed E-state index contributed by atoms with van der Waals surface area (Å²) < 4.78 is 5.48. The van der Waals surface area contributed by atoms with Gasteiger partial charge in [0.1, 0.15) is 6.26 Å². The molecule has 0 radical (unpaired) electrons. The maximum absolute atomic E-state index is 5.85. The van der Waals surface area contributed by atoms with Gasteiger partial charge in [0.15, 0.2) is 0 Å². The molecular formula is C14H17ClN2OS. The van der Waals surface area contributed by atoms with Gasteiger partial charge in [-0.3, -0.25) is 0 Å². The van der Waals surface area contributed by atoms with Gasteiger partial charge in [0.25, 0.3) is 0 Å². The number of nitrogens with zero attached hydrogens (tertiary/aromatic N) is 1. The summed E-state index contributed by atoms with van der Waals surface area (Å²) in [6.45, 7) is 2.02. The van der Waals surface area contributed by atoms with Crippen LogP contribution in [0.2, 0.25) is 5.02 Å². The summed E-state index contributed by atoms with van der Waals surface area (Å²) in [4.78, 5) is 4.46. The van der Waals surface area contributed by atoms with Gasteiger partial charge in [-0.25, -0.2) is 4.98 Å². The molecule has 2 aromatic rings. The van der Waals surface area contributed by atoms with E-state index < -0.39 is 0 Å². The topological polar surface area (TPSA) is 52.0 Å². The normalized spacial score (nSPS) is 12.6. The van der Waals surface area contributed by atoms with Crippen LogP contribution in [0, 0.1) is 0 Å². The highest BCUT2D eigenvalue weighted by molar-refractivity contribution is 7.98. The van der Waals surface area contributed by atoms with Crippen LogP contribution in [0.1, 0.15) is 19.0 Å². The van der Waals surface area contributed by atoms with E-state index in [2.05, 4.69) is 4.98 Å². The number of nitrogens with two attached hydrogens (primary N) is 1. The van der Waals surface area contributed by atoms with Gasteiger partial charge in [0.05, 0.1) is 5.69 Å². The molecule has 1 atom stereocenters. The van der Waals surface area contributed by atoms with Crippen LogP contribution in [0.15, 0.2) is 34.9 Å².